The molecule has 4 amide bonds. The van der Waals surface area contributed by atoms with Crippen LogP contribution in [0.2, 0.25) is 5.02 Å². The van der Waals surface area contributed by atoms with Crippen molar-refractivity contribution in [3.63, 3.8) is 0 Å². The summed E-state index contributed by atoms with van der Waals surface area (Å²) < 4.78 is 13.8. The fraction of sp³-hybridized carbons (Fsp3) is 0.550. The Bertz CT molecular complexity index is 921. The molecule has 7 nitrogen and oxygen atoms in total. The molecule has 29 heavy (non-hydrogen) atoms. The molecule has 3 fully saturated rings. The lowest BCUT2D eigenvalue weighted by Crippen LogP contribution is -2.54. The molecule has 0 radical (unpaired) electrons. The quantitative estimate of drug-likeness (QED) is 0.728. The van der Waals surface area contributed by atoms with Crippen molar-refractivity contribution in [2.75, 3.05) is 24.5 Å². The Kier molecular flexibility index (Phi) is 4.24. The van der Waals surface area contributed by atoms with E-state index in [0.717, 1.165) is 24.1 Å². The summed E-state index contributed by atoms with van der Waals surface area (Å²) in [4.78, 5) is 40.9. The second-order valence-corrected chi connectivity index (χ2v) is 8.85. The molecule has 9 heteroatoms. The number of benzene rings is 1. The number of anilines is 1. The number of fused-ring (bicyclic) bond motifs is 3. The number of hydrogen-bond donors (Lipinski definition) is 2. The smallest absolute Gasteiger partial charge is 0.322 e. The van der Waals surface area contributed by atoms with E-state index in [1.165, 1.54) is 6.07 Å². The molecule has 2 saturated heterocycles. The fourth-order valence-corrected chi connectivity index (χ4v) is 5.21. The van der Waals surface area contributed by atoms with Crippen LogP contribution in [-0.2, 0) is 16.0 Å². The first-order valence-electron chi connectivity index (χ1n) is 10.0. The number of imide groups is 1. The second-order valence-electron chi connectivity index (χ2n) is 8.44. The van der Waals surface area contributed by atoms with Crippen LogP contribution in [-0.4, -0.2) is 54.0 Å². The van der Waals surface area contributed by atoms with Crippen molar-refractivity contribution in [3.05, 3.63) is 28.5 Å². The third kappa shape index (κ3) is 3.04. The predicted molar refractivity (Wildman–Crippen MR) is 104 cm³/mol. The fourth-order valence-electron chi connectivity index (χ4n) is 5.05. The average molecular weight is 421 g/mol. The van der Waals surface area contributed by atoms with Gasteiger partial charge in [0.2, 0.25) is 5.91 Å². The van der Waals surface area contributed by atoms with Gasteiger partial charge in [-0.3, -0.25) is 14.9 Å². The maximum Gasteiger partial charge on any atom is 0.322 e. The SMILES string of the molecule is O=C1NC(=O)[C@](CCC(=O)N2CCN3c4cc(Cl)c(F)cc4C[C@@H]3C2)(C2CC2)N1. The molecule has 4 aliphatic rings. The Morgan fingerprint density at radius 3 is 2.76 bits per heavy atom. The highest BCUT2D eigenvalue weighted by atomic mass is 35.5. The summed E-state index contributed by atoms with van der Waals surface area (Å²) in [7, 11) is 0. The van der Waals surface area contributed by atoms with E-state index < -0.39 is 17.4 Å². The summed E-state index contributed by atoms with van der Waals surface area (Å²) in [5.74, 6) is -0.630. The van der Waals surface area contributed by atoms with Crippen LogP contribution in [0.15, 0.2) is 12.1 Å². The van der Waals surface area contributed by atoms with Crippen molar-refractivity contribution >= 4 is 35.1 Å². The Balaban J connectivity index is 1.24. The first kappa shape index (κ1) is 18.7. The highest BCUT2D eigenvalue weighted by molar-refractivity contribution is 6.31. The maximum absolute atomic E-state index is 13.8. The van der Waals surface area contributed by atoms with Crippen LogP contribution >= 0.6 is 11.6 Å². The number of nitrogens with zero attached hydrogens (tertiary/aromatic N) is 2. The van der Waals surface area contributed by atoms with Gasteiger partial charge in [-0.25, -0.2) is 9.18 Å². The van der Waals surface area contributed by atoms with E-state index in [1.54, 1.807) is 6.07 Å². The number of carbonyl (C=O) groups is 3. The van der Waals surface area contributed by atoms with Gasteiger partial charge in [0.1, 0.15) is 11.4 Å². The molecular weight excluding hydrogens is 399 g/mol. The van der Waals surface area contributed by atoms with E-state index in [-0.39, 0.29) is 35.2 Å². The summed E-state index contributed by atoms with van der Waals surface area (Å²) in [5.41, 5.74) is 0.933. The molecule has 3 heterocycles. The molecular formula is C20H22ClFN4O3. The molecule has 2 N–H and O–H groups in total. The number of hydrogen-bond acceptors (Lipinski definition) is 4. The van der Waals surface area contributed by atoms with E-state index >= 15 is 0 Å². The Labute approximate surface area is 172 Å². The molecule has 0 bridgehead atoms. The number of nitrogens with one attached hydrogen (secondary N) is 2. The molecule has 0 unspecified atom stereocenters. The van der Waals surface area contributed by atoms with E-state index in [1.807, 2.05) is 4.90 Å². The first-order chi connectivity index (χ1) is 13.9. The zero-order valence-electron chi connectivity index (χ0n) is 15.8. The Morgan fingerprint density at radius 1 is 1.28 bits per heavy atom. The minimum Gasteiger partial charge on any atom is -0.364 e. The van der Waals surface area contributed by atoms with E-state index in [4.69, 9.17) is 11.6 Å². The molecule has 0 spiro atoms. The van der Waals surface area contributed by atoms with E-state index in [0.29, 0.717) is 32.5 Å². The van der Waals surface area contributed by atoms with Gasteiger partial charge in [0.25, 0.3) is 5.91 Å². The maximum atomic E-state index is 13.8. The topological polar surface area (TPSA) is 81.8 Å². The van der Waals surface area contributed by atoms with Gasteiger partial charge in [-0.1, -0.05) is 11.6 Å². The third-order valence-corrected chi connectivity index (χ3v) is 6.99. The number of carbonyl (C=O) groups excluding carboxylic acids is 3. The molecule has 5 rings (SSSR count). The van der Waals surface area contributed by atoms with Crippen LogP contribution in [0.3, 0.4) is 0 Å². The Morgan fingerprint density at radius 2 is 2.07 bits per heavy atom. The standard InChI is InChI=1S/C20H22ClFN4O3/c21-14-9-16-11(8-15(14)22)7-13-10-25(5-6-26(13)16)17(27)3-4-20(12-1-2-12)18(28)23-19(29)24-20/h8-9,12-13H,1-7,10H2,(H2,23,24,28,29)/t13-,20+/m1/s1. The van der Waals surface area contributed by atoms with Gasteiger partial charge in [0.15, 0.2) is 0 Å². The molecule has 1 aromatic carbocycles. The van der Waals surface area contributed by atoms with E-state index in [9.17, 15) is 18.8 Å². The van der Waals surface area contributed by atoms with Crippen LogP contribution < -0.4 is 15.5 Å². The number of rotatable bonds is 4. The summed E-state index contributed by atoms with van der Waals surface area (Å²) in [6.07, 6.45) is 2.99. The number of urea groups is 1. The lowest BCUT2D eigenvalue weighted by atomic mass is 9.87. The third-order valence-electron chi connectivity index (χ3n) is 6.70. The Hall–Kier alpha value is -2.35. The monoisotopic (exact) mass is 420 g/mol. The highest BCUT2D eigenvalue weighted by Crippen LogP contribution is 2.44. The van der Waals surface area contributed by atoms with Crippen LogP contribution in [0, 0.1) is 11.7 Å². The van der Waals surface area contributed by atoms with Crippen molar-refractivity contribution in [2.24, 2.45) is 5.92 Å². The van der Waals surface area contributed by atoms with Gasteiger partial charge in [0, 0.05) is 31.7 Å². The van der Waals surface area contributed by atoms with Gasteiger partial charge < -0.3 is 15.1 Å². The lowest BCUT2D eigenvalue weighted by molar-refractivity contribution is -0.133. The molecule has 1 saturated carbocycles. The molecule has 1 aliphatic carbocycles. The number of amides is 4. The van der Waals surface area contributed by atoms with Crippen LogP contribution in [0.1, 0.15) is 31.2 Å². The predicted octanol–water partition coefficient (Wildman–Crippen LogP) is 1.82. The van der Waals surface area contributed by atoms with Crippen LogP contribution in [0.5, 0.6) is 0 Å². The van der Waals surface area contributed by atoms with E-state index in [2.05, 4.69) is 15.5 Å². The minimum atomic E-state index is -0.938. The lowest BCUT2D eigenvalue weighted by Gasteiger charge is -2.39. The normalized spacial score (nSPS) is 28.1. The van der Waals surface area contributed by atoms with Crippen molar-refractivity contribution < 1.29 is 18.8 Å². The summed E-state index contributed by atoms with van der Waals surface area (Å²) in [6.45, 7) is 1.79. The number of halogens is 2. The number of piperazine rings is 1. The molecule has 2 atom stereocenters. The van der Waals surface area contributed by atoms with Gasteiger partial charge in [-0.05, 0) is 49.3 Å². The largest absolute Gasteiger partial charge is 0.364 e. The minimum absolute atomic E-state index is 0.0150. The summed E-state index contributed by atoms with van der Waals surface area (Å²) in [5, 5.41) is 5.21. The molecule has 1 aromatic rings. The van der Waals surface area contributed by atoms with Gasteiger partial charge in [-0.2, -0.15) is 0 Å². The van der Waals surface area contributed by atoms with Crippen LogP contribution in [0.4, 0.5) is 14.9 Å². The van der Waals surface area contributed by atoms with Gasteiger partial charge in [-0.15, -0.1) is 0 Å². The van der Waals surface area contributed by atoms with Crippen molar-refractivity contribution in [3.8, 4) is 0 Å². The first-order valence-corrected chi connectivity index (χ1v) is 10.4. The molecule has 0 aromatic heterocycles. The summed E-state index contributed by atoms with van der Waals surface area (Å²) in [6, 6.07) is 2.79. The zero-order chi connectivity index (χ0) is 20.3. The second kappa shape index (κ2) is 6.58. The van der Waals surface area contributed by atoms with Gasteiger partial charge in [0.05, 0.1) is 11.1 Å². The summed E-state index contributed by atoms with van der Waals surface area (Å²) >= 11 is 5.94. The zero-order valence-corrected chi connectivity index (χ0v) is 16.6. The highest BCUT2D eigenvalue weighted by Gasteiger charge is 2.55. The molecule has 154 valence electrons. The van der Waals surface area contributed by atoms with Crippen molar-refractivity contribution in [1.29, 1.82) is 0 Å². The molecule has 3 aliphatic heterocycles. The van der Waals surface area contributed by atoms with Crippen LogP contribution in [0.25, 0.3) is 0 Å². The van der Waals surface area contributed by atoms with Crippen molar-refractivity contribution in [2.45, 2.75) is 43.7 Å². The average Bonchev–Trinajstić information content (AvgIpc) is 3.42. The van der Waals surface area contributed by atoms with Gasteiger partial charge >= 0.3 is 6.03 Å². The van der Waals surface area contributed by atoms with Crippen molar-refractivity contribution in [1.82, 2.24) is 15.5 Å².